The highest BCUT2D eigenvalue weighted by atomic mass is 35.5. The van der Waals surface area contributed by atoms with E-state index < -0.39 is 0 Å². The number of aliphatic hydroxyl groups excluding tert-OH is 1. The Labute approximate surface area is 135 Å². The standard InChI is InChI=1S/C15H20Cl3NO/c1-10-3-2-6-15(7-10,9-20)19-8-11-12(16)4-5-13(17)14(11)18/h4-5,10,19-20H,2-3,6-9H2,1H3. The van der Waals surface area contributed by atoms with Crippen LogP contribution in [-0.2, 0) is 6.54 Å². The second kappa shape index (κ2) is 6.85. The van der Waals surface area contributed by atoms with Gasteiger partial charge in [0.25, 0.3) is 0 Å². The molecule has 0 saturated heterocycles. The molecule has 2 unspecified atom stereocenters. The second-order valence-corrected chi connectivity index (χ2v) is 7.01. The summed E-state index contributed by atoms with van der Waals surface area (Å²) in [7, 11) is 0. The largest absolute Gasteiger partial charge is 0.394 e. The summed E-state index contributed by atoms with van der Waals surface area (Å²) in [6, 6.07) is 3.45. The Morgan fingerprint density at radius 3 is 2.65 bits per heavy atom. The zero-order chi connectivity index (χ0) is 14.8. The van der Waals surface area contributed by atoms with Crippen molar-refractivity contribution >= 4 is 34.8 Å². The lowest BCUT2D eigenvalue weighted by atomic mass is 9.77. The molecular formula is C15H20Cl3NO. The quantitative estimate of drug-likeness (QED) is 0.783. The summed E-state index contributed by atoms with van der Waals surface area (Å²) in [4.78, 5) is 0. The van der Waals surface area contributed by atoms with Gasteiger partial charge in [0.05, 0.1) is 16.7 Å². The Morgan fingerprint density at radius 2 is 2.00 bits per heavy atom. The highest BCUT2D eigenvalue weighted by Gasteiger charge is 2.34. The molecule has 112 valence electrons. The van der Waals surface area contributed by atoms with Crippen molar-refractivity contribution in [3.63, 3.8) is 0 Å². The summed E-state index contributed by atoms with van der Waals surface area (Å²) < 4.78 is 0. The molecule has 0 spiro atoms. The zero-order valence-electron chi connectivity index (χ0n) is 11.6. The summed E-state index contributed by atoms with van der Waals surface area (Å²) in [5, 5.41) is 14.8. The molecule has 2 atom stereocenters. The van der Waals surface area contributed by atoms with E-state index in [-0.39, 0.29) is 12.1 Å². The molecule has 1 aromatic rings. The third-order valence-corrected chi connectivity index (χ3v) is 5.37. The van der Waals surface area contributed by atoms with Crippen LogP contribution in [-0.4, -0.2) is 17.3 Å². The van der Waals surface area contributed by atoms with Crippen LogP contribution >= 0.6 is 34.8 Å². The average molecular weight is 337 g/mol. The Hall–Kier alpha value is 0.01000. The molecule has 1 aliphatic rings. The number of hydrogen-bond donors (Lipinski definition) is 2. The Balaban J connectivity index is 2.13. The summed E-state index contributed by atoms with van der Waals surface area (Å²) in [6.07, 6.45) is 4.30. The summed E-state index contributed by atoms with van der Waals surface area (Å²) in [5.74, 6) is 0.619. The molecule has 2 rings (SSSR count). The molecule has 2 N–H and O–H groups in total. The molecule has 1 fully saturated rings. The first-order valence-corrected chi connectivity index (χ1v) is 8.09. The van der Waals surface area contributed by atoms with Crippen molar-refractivity contribution in [3.05, 3.63) is 32.8 Å². The van der Waals surface area contributed by atoms with E-state index in [1.54, 1.807) is 12.1 Å². The molecule has 1 aromatic carbocycles. The monoisotopic (exact) mass is 335 g/mol. The van der Waals surface area contributed by atoms with Crippen LogP contribution < -0.4 is 5.32 Å². The van der Waals surface area contributed by atoms with Gasteiger partial charge in [-0.15, -0.1) is 0 Å². The predicted molar refractivity (Wildman–Crippen MR) is 85.8 cm³/mol. The lowest BCUT2D eigenvalue weighted by Gasteiger charge is -2.39. The van der Waals surface area contributed by atoms with E-state index in [1.807, 2.05) is 0 Å². The van der Waals surface area contributed by atoms with Crippen LogP contribution in [0.25, 0.3) is 0 Å². The van der Waals surface area contributed by atoms with Crippen molar-refractivity contribution in [1.29, 1.82) is 0 Å². The van der Waals surface area contributed by atoms with Crippen LogP contribution in [0.5, 0.6) is 0 Å². The van der Waals surface area contributed by atoms with E-state index >= 15 is 0 Å². The summed E-state index contributed by atoms with van der Waals surface area (Å²) in [6.45, 7) is 2.88. The van der Waals surface area contributed by atoms with Gasteiger partial charge in [-0.3, -0.25) is 0 Å². The molecular weight excluding hydrogens is 317 g/mol. The van der Waals surface area contributed by atoms with Crippen LogP contribution in [0.1, 0.15) is 38.2 Å². The molecule has 0 aromatic heterocycles. The van der Waals surface area contributed by atoms with E-state index in [2.05, 4.69) is 12.2 Å². The van der Waals surface area contributed by atoms with Gasteiger partial charge in [0.2, 0.25) is 0 Å². The normalized spacial score (nSPS) is 26.8. The minimum atomic E-state index is -0.230. The first-order valence-electron chi connectivity index (χ1n) is 6.96. The SMILES string of the molecule is CC1CCCC(CO)(NCc2c(Cl)ccc(Cl)c2Cl)C1. The van der Waals surface area contributed by atoms with Crippen molar-refractivity contribution in [2.75, 3.05) is 6.61 Å². The third kappa shape index (κ3) is 3.61. The van der Waals surface area contributed by atoms with Crippen molar-refractivity contribution in [1.82, 2.24) is 5.32 Å². The van der Waals surface area contributed by atoms with Crippen LogP contribution in [0, 0.1) is 5.92 Å². The highest BCUT2D eigenvalue weighted by Crippen LogP contribution is 2.35. The molecule has 0 radical (unpaired) electrons. The Kier molecular flexibility index (Phi) is 5.61. The van der Waals surface area contributed by atoms with Crippen molar-refractivity contribution in [2.45, 2.75) is 44.7 Å². The van der Waals surface area contributed by atoms with Gasteiger partial charge in [-0.25, -0.2) is 0 Å². The molecule has 0 amide bonds. The van der Waals surface area contributed by atoms with Crippen LogP contribution in [0.4, 0.5) is 0 Å². The minimum Gasteiger partial charge on any atom is -0.394 e. The summed E-state index contributed by atoms with van der Waals surface area (Å²) in [5.41, 5.74) is 0.569. The third-order valence-electron chi connectivity index (χ3n) is 4.17. The summed E-state index contributed by atoms with van der Waals surface area (Å²) >= 11 is 18.4. The molecule has 2 nitrogen and oxygen atoms in total. The fraction of sp³-hybridized carbons (Fsp3) is 0.600. The van der Waals surface area contributed by atoms with Gasteiger partial charge in [-0.1, -0.05) is 54.6 Å². The van der Waals surface area contributed by atoms with Gasteiger partial charge in [0.1, 0.15) is 0 Å². The smallest absolute Gasteiger partial charge is 0.0652 e. The maximum Gasteiger partial charge on any atom is 0.0652 e. The van der Waals surface area contributed by atoms with Crippen molar-refractivity contribution in [3.8, 4) is 0 Å². The van der Waals surface area contributed by atoms with Gasteiger partial charge < -0.3 is 10.4 Å². The Morgan fingerprint density at radius 1 is 1.30 bits per heavy atom. The number of benzene rings is 1. The van der Waals surface area contributed by atoms with Gasteiger partial charge in [0.15, 0.2) is 0 Å². The molecule has 0 bridgehead atoms. The first kappa shape index (κ1) is 16.4. The average Bonchev–Trinajstić information content (AvgIpc) is 2.43. The fourth-order valence-corrected chi connectivity index (χ4v) is 3.71. The highest BCUT2D eigenvalue weighted by molar-refractivity contribution is 6.44. The van der Waals surface area contributed by atoms with E-state index in [0.29, 0.717) is 27.5 Å². The van der Waals surface area contributed by atoms with Crippen LogP contribution in [0.15, 0.2) is 12.1 Å². The predicted octanol–water partition coefficient (Wildman–Crippen LogP) is 4.68. The molecule has 0 aliphatic heterocycles. The van der Waals surface area contributed by atoms with Crippen LogP contribution in [0.2, 0.25) is 15.1 Å². The van der Waals surface area contributed by atoms with E-state index in [4.69, 9.17) is 34.8 Å². The fourth-order valence-electron chi connectivity index (χ4n) is 3.03. The molecule has 1 saturated carbocycles. The van der Waals surface area contributed by atoms with Crippen LogP contribution in [0.3, 0.4) is 0 Å². The number of nitrogens with one attached hydrogen (secondary N) is 1. The number of hydrogen-bond acceptors (Lipinski definition) is 2. The minimum absolute atomic E-state index is 0.132. The number of rotatable bonds is 4. The zero-order valence-corrected chi connectivity index (χ0v) is 13.8. The first-order chi connectivity index (χ1) is 9.47. The maximum absolute atomic E-state index is 9.78. The van der Waals surface area contributed by atoms with Gasteiger partial charge in [0, 0.05) is 22.7 Å². The van der Waals surface area contributed by atoms with E-state index in [0.717, 1.165) is 24.8 Å². The van der Waals surface area contributed by atoms with E-state index in [1.165, 1.54) is 6.42 Å². The lowest BCUT2D eigenvalue weighted by molar-refractivity contribution is 0.0982. The van der Waals surface area contributed by atoms with Gasteiger partial charge >= 0.3 is 0 Å². The number of halogens is 3. The van der Waals surface area contributed by atoms with Crippen molar-refractivity contribution in [2.24, 2.45) is 5.92 Å². The molecule has 1 aliphatic carbocycles. The molecule has 5 heteroatoms. The van der Waals surface area contributed by atoms with Gasteiger partial charge in [-0.05, 0) is 30.9 Å². The number of aliphatic hydroxyl groups is 1. The topological polar surface area (TPSA) is 32.3 Å². The maximum atomic E-state index is 9.78. The molecule has 20 heavy (non-hydrogen) atoms. The van der Waals surface area contributed by atoms with Gasteiger partial charge in [-0.2, -0.15) is 0 Å². The van der Waals surface area contributed by atoms with Crippen molar-refractivity contribution < 1.29 is 5.11 Å². The van der Waals surface area contributed by atoms with E-state index in [9.17, 15) is 5.11 Å². The molecule has 0 heterocycles. The Bertz CT molecular complexity index is 480. The second-order valence-electron chi connectivity index (χ2n) is 5.82. The lowest BCUT2D eigenvalue weighted by Crippen LogP contribution is -2.51.